The van der Waals surface area contributed by atoms with Crippen molar-refractivity contribution >= 4 is 23.4 Å². The van der Waals surface area contributed by atoms with Crippen LogP contribution in [-0.4, -0.2) is 53.6 Å². The maximum absolute atomic E-state index is 14.0. The van der Waals surface area contributed by atoms with Gasteiger partial charge in [0.05, 0.1) is 5.41 Å². The van der Waals surface area contributed by atoms with Crippen LogP contribution in [0.15, 0.2) is 42.7 Å². The normalized spacial score (nSPS) is 19.0. The Morgan fingerprint density at radius 1 is 1.19 bits per heavy atom. The van der Waals surface area contributed by atoms with Gasteiger partial charge in [0.1, 0.15) is 0 Å². The third-order valence-corrected chi connectivity index (χ3v) is 7.83. The molecule has 10 heteroatoms. The second kappa shape index (κ2) is 10.8. The molecule has 1 aliphatic carbocycles. The molecule has 2 fully saturated rings. The van der Waals surface area contributed by atoms with Crippen LogP contribution in [0.3, 0.4) is 0 Å². The number of alkyl halides is 3. The number of benzene rings is 1. The number of likely N-dealkylation sites (tertiary alicyclic amines) is 1. The van der Waals surface area contributed by atoms with E-state index < -0.39 is 29.3 Å². The van der Waals surface area contributed by atoms with Gasteiger partial charge in [0.25, 0.3) is 0 Å². The average molecular weight is 523 g/mol. The van der Waals surface area contributed by atoms with E-state index in [1.807, 2.05) is 0 Å². The van der Waals surface area contributed by atoms with Crippen molar-refractivity contribution in [2.75, 3.05) is 19.6 Å². The van der Waals surface area contributed by atoms with Crippen molar-refractivity contribution in [2.45, 2.75) is 56.7 Å². The van der Waals surface area contributed by atoms with Gasteiger partial charge in [-0.2, -0.15) is 13.2 Å². The smallest absolute Gasteiger partial charge is 0.366 e. The number of carbonyl (C=O) groups excluding carboxylic acids is 2. The van der Waals surface area contributed by atoms with Crippen molar-refractivity contribution in [3.63, 3.8) is 0 Å². The summed E-state index contributed by atoms with van der Waals surface area (Å²) in [5.41, 5.74) is 5.01. The number of hydrogen-bond acceptors (Lipinski definition) is 4. The van der Waals surface area contributed by atoms with Crippen LogP contribution in [0.1, 0.15) is 59.5 Å². The van der Waals surface area contributed by atoms with Crippen LogP contribution in [0.4, 0.5) is 13.2 Å². The van der Waals surface area contributed by atoms with Crippen molar-refractivity contribution in [1.29, 1.82) is 0 Å². The minimum atomic E-state index is -4.39. The Morgan fingerprint density at radius 2 is 1.92 bits per heavy atom. The van der Waals surface area contributed by atoms with Gasteiger partial charge >= 0.3 is 6.18 Å². The molecule has 0 spiro atoms. The molecule has 1 aromatic carbocycles. The minimum absolute atomic E-state index is 0.0134. The third kappa shape index (κ3) is 5.83. The molecule has 194 valence electrons. The highest BCUT2D eigenvalue weighted by Gasteiger charge is 2.67. The number of carbonyl (C=O) groups is 2. The Morgan fingerprint density at radius 3 is 2.47 bits per heavy atom. The van der Waals surface area contributed by atoms with Crippen molar-refractivity contribution < 1.29 is 22.8 Å². The summed E-state index contributed by atoms with van der Waals surface area (Å²) in [4.78, 5) is 30.7. The lowest BCUT2D eigenvalue weighted by Crippen LogP contribution is -2.44. The molecule has 2 heterocycles. The van der Waals surface area contributed by atoms with E-state index in [1.165, 1.54) is 18.5 Å². The molecule has 2 aliphatic rings. The summed E-state index contributed by atoms with van der Waals surface area (Å²) in [5.74, 6) is -1.96. The number of pyridine rings is 1. The van der Waals surface area contributed by atoms with Crippen LogP contribution in [-0.2, 0) is 11.2 Å². The first-order valence-electron chi connectivity index (χ1n) is 12.2. The van der Waals surface area contributed by atoms with Gasteiger partial charge < -0.3 is 11.1 Å². The lowest BCUT2D eigenvalue weighted by molar-refractivity contribution is -0.194. The predicted molar refractivity (Wildman–Crippen MR) is 131 cm³/mol. The van der Waals surface area contributed by atoms with Crippen molar-refractivity contribution in [3.05, 3.63) is 64.4 Å². The van der Waals surface area contributed by atoms with E-state index in [0.29, 0.717) is 22.6 Å². The quantitative estimate of drug-likeness (QED) is 0.482. The first-order valence-corrected chi connectivity index (χ1v) is 12.5. The summed E-state index contributed by atoms with van der Waals surface area (Å²) in [7, 11) is 0. The molecule has 1 aromatic heterocycles. The summed E-state index contributed by atoms with van der Waals surface area (Å²) in [6, 6.07) is 8.04. The molecular formula is C26H30ClF3N4O2. The number of nitrogens with one attached hydrogen (secondary N) is 1. The molecule has 1 aliphatic heterocycles. The van der Waals surface area contributed by atoms with E-state index in [2.05, 4.69) is 15.2 Å². The molecule has 0 bridgehead atoms. The van der Waals surface area contributed by atoms with Crippen molar-refractivity contribution in [2.24, 2.45) is 11.1 Å². The zero-order valence-corrected chi connectivity index (χ0v) is 20.6. The molecular weight excluding hydrogens is 493 g/mol. The SMILES string of the molecule is NC(=O)c1ccc(C[C@@H](CNC(=O)C[C@H](c2cccnc2)C2(C(F)(F)F)CC2)N2CCCC2)c(Cl)c1. The maximum Gasteiger partial charge on any atom is 0.395 e. The summed E-state index contributed by atoms with van der Waals surface area (Å²) in [6.07, 6.45) is 0.914. The van der Waals surface area contributed by atoms with Crippen LogP contribution in [0, 0.1) is 5.41 Å². The van der Waals surface area contributed by atoms with E-state index in [1.54, 1.807) is 24.3 Å². The van der Waals surface area contributed by atoms with Gasteiger partial charge in [0, 0.05) is 47.9 Å². The fourth-order valence-electron chi connectivity index (χ4n) is 5.22. The monoisotopic (exact) mass is 522 g/mol. The molecule has 3 N–H and O–H groups in total. The van der Waals surface area contributed by atoms with Crippen LogP contribution in [0.25, 0.3) is 0 Å². The van der Waals surface area contributed by atoms with Gasteiger partial charge in [-0.25, -0.2) is 0 Å². The molecule has 36 heavy (non-hydrogen) atoms. The number of aromatic nitrogens is 1. The second-order valence-corrected chi connectivity index (χ2v) is 10.2. The first-order chi connectivity index (χ1) is 17.1. The van der Waals surface area contributed by atoms with Crippen molar-refractivity contribution in [3.8, 4) is 0 Å². The molecule has 2 atom stereocenters. The van der Waals surface area contributed by atoms with Gasteiger partial charge in [-0.15, -0.1) is 0 Å². The lowest BCUT2D eigenvalue weighted by atomic mass is 9.80. The molecule has 2 aromatic rings. The third-order valence-electron chi connectivity index (χ3n) is 7.48. The maximum atomic E-state index is 14.0. The number of halogens is 4. The standard InChI is InChI=1S/C26H30ClF3N4O2/c27-22-13-18(24(31)36)6-5-17(22)12-20(34-10-1-2-11-34)16-33-23(35)14-21(19-4-3-9-32-15-19)25(7-8-25)26(28,29)30/h3-6,9,13,15,20-21H,1-2,7-8,10-12,14,16H2,(H2,31,36)(H,33,35)/t20-,21+/m0/s1. The molecule has 1 saturated carbocycles. The molecule has 2 amide bonds. The van der Waals surface area contributed by atoms with Crippen LogP contribution in [0.2, 0.25) is 5.02 Å². The van der Waals surface area contributed by atoms with E-state index in [4.69, 9.17) is 17.3 Å². The van der Waals surface area contributed by atoms with E-state index >= 15 is 0 Å². The zero-order valence-electron chi connectivity index (χ0n) is 19.9. The van der Waals surface area contributed by atoms with Crippen LogP contribution >= 0.6 is 11.6 Å². The molecule has 0 radical (unpaired) electrons. The van der Waals surface area contributed by atoms with Crippen molar-refractivity contribution in [1.82, 2.24) is 15.2 Å². The molecule has 1 saturated heterocycles. The van der Waals surface area contributed by atoms with Gasteiger partial charge in [0.15, 0.2) is 0 Å². The van der Waals surface area contributed by atoms with Gasteiger partial charge in [-0.3, -0.25) is 19.5 Å². The number of primary amides is 1. The summed E-state index contributed by atoms with van der Waals surface area (Å²) in [5, 5.41) is 3.31. The topological polar surface area (TPSA) is 88.3 Å². The second-order valence-electron chi connectivity index (χ2n) is 9.77. The minimum Gasteiger partial charge on any atom is -0.366 e. The summed E-state index contributed by atoms with van der Waals surface area (Å²) in [6.45, 7) is 2.02. The van der Waals surface area contributed by atoms with Gasteiger partial charge in [-0.1, -0.05) is 23.7 Å². The Balaban J connectivity index is 1.46. The first kappa shape index (κ1) is 26.4. The zero-order chi connectivity index (χ0) is 25.9. The summed E-state index contributed by atoms with van der Waals surface area (Å²) < 4.78 is 41.9. The predicted octanol–water partition coefficient (Wildman–Crippen LogP) is 4.47. The highest BCUT2D eigenvalue weighted by Crippen LogP contribution is 2.66. The molecule has 0 unspecified atom stereocenters. The van der Waals surface area contributed by atoms with Crippen LogP contribution in [0.5, 0.6) is 0 Å². The Labute approximate surface area is 213 Å². The van der Waals surface area contributed by atoms with E-state index in [-0.39, 0.29) is 31.8 Å². The Kier molecular flexibility index (Phi) is 7.90. The van der Waals surface area contributed by atoms with Gasteiger partial charge in [0.2, 0.25) is 11.8 Å². The number of rotatable bonds is 10. The lowest BCUT2D eigenvalue weighted by Gasteiger charge is -2.30. The van der Waals surface area contributed by atoms with Gasteiger partial charge in [-0.05, 0) is 74.5 Å². The highest BCUT2D eigenvalue weighted by atomic mass is 35.5. The van der Waals surface area contributed by atoms with E-state index in [9.17, 15) is 22.8 Å². The number of amides is 2. The average Bonchev–Trinajstić information content (AvgIpc) is 3.49. The highest BCUT2D eigenvalue weighted by molar-refractivity contribution is 6.31. The number of nitrogens with zero attached hydrogens (tertiary/aromatic N) is 2. The van der Waals surface area contributed by atoms with Crippen LogP contribution < -0.4 is 11.1 Å². The molecule has 6 nitrogen and oxygen atoms in total. The Hall–Kier alpha value is -2.65. The molecule has 4 rings (SSSR count). The Bertz CT molecular complexity index is 1090. The largest absolute Gasteiger partial charge is 0.395 e. The summed E-state index contributed by atoms with van der Waals surface area (Å²) >= 11 is 6.40. The fraction of sp³-hybridized carbons (Fsp3) is 0.500. The number of hydrogen-bond donors (Lipinski definition) is 2. The fourth-order valence-corrected chi connectivity index (χ4v) is 5.48. The van der Waals surface area contributed by atoms with E-state index in [0.717, 1.165) is 31.5 Å². The number of nitrogens with two attached hydrogens (primary N) is 1.